The van der Waals surface area contributed by atoms with E-state index >= 15 is 0 Å². The van der Waals surface area contributed by atoms with E-state index in [1.54, 1.807) is 30.3 Å². The van der Waals surface area contributed by atoms with Crippen LogP contribution in [-0.2, 0) is 4.74 Å². The fourth-order valence-corrected chi connectivity index (χ4v) is 7.48. The molecule has 2 bridgehead atoms. The lowest BCUT2D eigenvalue weighted by molar-refractivity contribution is 0.0390. The number of aliphatic hydroxyl groups excluding tert-OH is 1. The molecule has 0 radical (unpaired) electrons. The Labute approximate surface area is 234 Å². The van der Waals surface area contributed by atoms with Crippen LogP contribution in [0.4, 0.5) is 5.13 Å². The predicted molar refractivity (Wildman–Crippen MR) is 151 cm³/mol. The Kier molecular flexibility index (Phi) is 6.63. The number of aromatic nitrogens is 1. The number of piperidine rings is 1. The molecule has 3 aromatic rings. The minimum atomic E-state index is -0.934. The smallest absolute Gasteiger partial charge is 0.335 e. The van der Waals surface area contributed by atoms with Gasteiger partial charge < -0.3 is 19.8 Å². The fraction of sp³-hybridized carbons (Fsp3) is 0.393. The number of aromatic carboxylic acids is 1. The molecular weight excluding hydrogens is 545 g/mol. The van der Waals surface area contributed by atoms with Crippen molar-refractivity contribution in [2.45, 2.75) is 44.8 Å². The zero-order chi connectivity index (χ0) is 26.7. The van der Waals surface area contributed by atoms with Gasteiger partial charge in [0.25, 0.3) is 0 Å². The van der Waals surface area contributed by atoms with Gasteiger partial charge in [0, 0.05) is 35.6 Å². The van der Waals surface area contributed by atoms with Gasteiger partial charge in [0.2, 0.25) is 0 Å². The summed E-state index contributed by atoms with van der Waals surface area (Å²) in [6, 6.07) is 8.78. The first-order valence-corrected chi connectivity index (χ1v) is 14.3. The summed E-state index contributed by atoms with van der Waals surface area (Å²) >= 11 is 14.3. The number of carboxylic acids is 1. The Balaban J connectivity index is 1.17. The third-order valence-corrected chi connectivity index (χ3v) is 9.54. The van der Waals surface area contributed by atoms with Gasteiger partial charge in [-0.2, -0.15) is 0 Å². The first-order chi connectivity index (χ1) is 18.2. The number of hydrogen-bond donors (Lipinski definition) is 3. The van der Waals surface area contributed by atoms with Crippen LogP contribution in [0, 0.1) is 24.2 Å². The van der Waals surface area contributed by atoms with Crippen molar-refractivity contribution in [3.63, 3.8) is 0 Å². The van der Waals surface area contributed by atoms with Crippen molar-refractivity contribution in [3.05, 3.63) is 68.4 Å². The van der Waals surface area contributed by atoms with Crippen molar-refractivity contribution < 1.29 is 19.7 Å². The Morgan fingerprint density at radius 1 is 1.21 bits per heavy atom. The molecule has 3 aliphatic rings. The number of carboxylic acid groups (broad SMARTS) is 1. The first kappa shape index (κ1) is 25.6. The SMILES string of the molecule is Cc1cc(C(=O)O)cc2sc(N3C[C@@H]4C[C@H]3C[C@H]4OC/C(C(=N)c3c(Cl)cccc3Cl)=C(/O)C3CC3)nc12. The Hall–Kier alpha value is -2.65. The molecule has 3 atom stereocenters. The second-order valence-electron chi connectivity index (χ2n) is 10.4. The van der Waals surface area contributed by atoms with Crippen molar-refractivity contribution in [2.24, 2.45) is 11.8 Å². The van der Waals surface area contributed by atoms with E-state index in [0.717, 1.165) is 53.1 Å². The Morgan fingerprint density at radius 2 is 1.95 bits per heavy atom. The third-order valence-electron chi connectivity index (χ3n) is 7.87. The number of aryl methyl sites for hydroxylation is 1. The van der Waals surface area contributed by atoms with Crippen molar-refractivity contribution in [1.29, 1.82) is 5.41 Å². The number of nitrogens with zero attached hydrogens (tertiary/aromatic N) is 2. The summed E-state index contributed by atoms with van der Waals surface area (Å²) in [5.41, 5.74) is 2.98. The molecule has 2 aromatic carbocycles. The largest absolute Gasteiger partial charge is 0.512 e. The summed E-state index contributed by atoms with van der Waals surface area (Å²) in [4.78, 5) is 18.6. The molecule has 2 aliphatic carbocycles. The highest BCUT2D eigenvalue weighted by atomic mass is 35.5. The van der Waals surface area contributed by atoms with E-state index in [1.165, 1.54) is 11.3 Å². The molecule has 1 aromatic heterocycles. The fourth-order valence-electron chi connectivity index (χ4n) is 5.73. The van der Waals surface area contributed by atoms with Gasteiger partial charge in [-0.25, -0.2) is 9.78 Å². The molecule has 0 amide bonds. The highest BCUT2D eigenvalue weighted by Crippen LogP contribution is 2.45. The minimum absolute atomic E-state index is 0.0162. The monoisotopic (exact) mass is 571 g/mol. The number of hydrogen-bond acceptors (Lipinski definition) is 7. The van der Waals surface area contributed by atoms with E-state index in [9.17, 15) is 15.0 Å². The molecule has 7 nitrogen and oxygen atoms in total. The molecule has 6 rings (SSSR count). The van der Waals surface area contributed by atoms with Crippen LogP contribution in [-0.4, -0.2) is 52.2 Å². The normalized spacial score (nSPS) is 23.2. The van der Waals surface area contributed by atoms with Gasteiger partial charge in [-0.1, -0.05) is 40.6 Å². The molecule has 38 heavy (non-hydrogen) atoms. The number of carbonyl (C=O) groups is 1. The van der Waals surface area contributed by atoms with E-state index in [2.05, 4.69) is 4.90 Å². The number of rotatable bonds is 8. The predicted octanol–water partition coefficient (Wildman–Crippen LogP) is 6.88. The van der Waals surface area contributed by atoms with Gasteiger partial charge in [0.15, 0.2) is 5.13 Å². The van der Waals surface area contributed by atoms with Crippen LogP contribution in [0.25, 0.3) is 10.2 Å². The average Bonchev–Trinajstić information content (AvgIpc) is 3.32. The van der Waals surface area contributed by atoms with Gasteiger partial charge in [-0.05, 0) is 62.4 Å². The Morgan fingerprint density at radius 3 is 2.58 bits per heavy atom. The summed E-state index contributed by atoms with van der Waals surface area (Å²) < 4.78 is 7.26. The molecule has 2 saturated carbocycles. The molecule has 3 N–H and O–H groups in total. The van der Waals surface area contributed by atoms with Crippen LogP contribution in [0.1, 0.15) is 47.2 Å². The summed E-state index contributed by atoms with van der Waals surface area (Å²) in [6.45, 7) is 2.84. The lowest BCUT2D eigenvalue weighted by Gasteiger charge is -2.31. The molecule has 0 spiro atoms. The summed E-state index contributed by atoms with van der Waals surface area (Å²) in [6.07, 6.45) is 3.64. The summed E-state index contributed by atoms with van der Waals surface area (Å²) in [5, 5.41) is 30.8. The maximum atomic E-state index is 11.5. The van der Waals surface area contributed by atoms with Crippen molar-refractivity contribution >= 4 is 61.6 Å². The molecule has 1 aliphatic heterocycles. The minimum Gasteiger partial charge on any atom is -0.512 e. The number of anilines is 1. The molecular formula is C28H27Cl2N3O4S. The third kappa shape index (κ3) is 4.57. The summed E-state index contributed by atoms with van der Waals surface area (Å²) in [5.74, 6) is -0.350. The maximum Gasteiger partial charge on any atom is 0.335 e. The van der Waals surface area contributed by atoms with Crippen LogP contribution >= 0.6 is 34.5 Å². The van der Waals surface area contributed by atoms with Gasteiger partial charge >= 0.3 is 5.97 Å². The molecule has 0 unspecified atom stereocenters. The highest BCUT2D eigenvalue weighted by Gasteiger charge is 2.46. The average molecular weight is 573 g/mol. The van der Waals surface area contributed by atoms with Gasteiger partial charge in [-0.3, -0.25) is 5.41 Å². The number of aliphatic hydroxyl groups is 1. The maximum absolute atomic E-state index is 11.5. The lowest BCUT2D eigenvalue weighted by atomic mass is 9.99. The number of halogens is 2. The van der Waals surface area contributed by atoms with Crippen LogP contribution in [0.5, 0.6) is 0 Å². The van der Waals surface area contributed by atoms with Crippen LogP contribution < -0.4 is 4.90 Å². The van der Waals surface area contributed by atoms with Crippen LogP contribution in [0.3, 0.4) is 0 Å². The van der Waals surface area contributed by atoms with Gasteiger partial charge in [0.1, 0.15) is 5.76 Å². The number of allylic oxidation sites excluding steroid dienone is 1. The standard InChI is InChI=1S/C28H27Cl2N3O4S/c1-13-7-15(27(35)36)9-22-25(13)32-28(38-22)33-11-16-8-17(33)10-21(16)37-12-18(26(34)14-5-6-14)24(31)23-19(29)3-2-4-20(23)30/h2-4,7,9,14,16-17,21,31,34H,5-6,8,10-12H2,1H3,(H,35,36)/b26-18-,31-24?/t16-,17-,21+/m0/s1. The first-order valence-electron chi connectivity index (χ1n) is 12.7. The van der Waals surface area contributed by atoms with Crippen molar-refractivity contribution in [1.82, 2.24) is 4.98 Å². The summed E-state index contributed by atoms with van der Waals surface area (Å²) in [7, 11) is 0. The molecule has 1 saturated heterocycles. The number of nitrogens with one attached hydrogen (secondary N) is 1. The molecule has 10 heteroatoms. The van der Waals surface area contributed by atoms with Crippen LogP contribution in [0.2, 0.25) is 10.0 Å². The van der Waals surface area contributed by atoms with Crippen LogP contribution in [0.15, 0.2) is 41.7 Å². The second kappa shape index (κ2) is 9.83. The Bertz CT molecular complexity index is 1480. The lowest BCUT2D eigenvalue weighted by Crippen LogP contribution is -2.39. The van der Waals surface area contributed by atoms with E-state index in [0.29, 0.717) is 27.1 Å². The van der Waals surface area contributed by atoms with Gasteiger partial charge in [-0.15, -0.1) is 0 Å². The molecule has 198 valence electrons. The van der Waals surface area contributed by atoms with E-state index in [-0.39, 0.29) is 41.7 Å². The quantitative estimate of drug-likeness (QED) is 0.201. The van der Waals surface area contributed by atoms with E-state index in [4.69, 9.17) is 38.3 Å². The van der Waals surface area contributed by atoms with Gasteiger partial charge in [0.05, 0.1) is 44.2 Å². The van der Waals surface area contributed by atoms with Crippen molar-refractivity contribution in [3.8, 4) is 0 Å². The second-order valence-corrected chi connectivity index (χ2v) is 12.3. The zero-order valence-corrected chi connectivity index (χ0v) is 23.0. The molecule has 3 fully saturated rings. The van der Waals surface area contributed by atoms with Crippen molar-refractivity contribution in [2.75, 3.05) is 18.1 Å². The zero-order valence-electron chi connectivity index (χ0n) is 20.7. The van der Waals surface area contributed by atoms with E-state index in [1.807, 2.05) is 6.92 Å². The number of ether oxygens (including phenoxy) is 1. The molecule has 2 heterocycles. The number of thiazole rings is 1. The highest BCUT2D eigenvalue weighted by molar-refractivity contribution is 7.22. The van der Waals surface area contributed by atoms with E-state index < -0.39 is 5.97 Å². The number of benzene rings is 2. The number of fused-ring (bicyclic) bond motifs is 3. The topological polar surface area (TPSA) is 107 Å².